The van der Waals surface area contributed by atoms with E-state index in [0.29, 0.717) is 21.7 Å². The Kier molecular flexibility index (Phi) is 6.79. The number of benzene rings is 2. The highest BCUT2D eigenvalue weighted by molar-refractivity contribution is 7.99. The zero-order valence-corrected chi connectivity index (χ0v) is 17.5. The fourth-order valence-corrected chi connectivity index (χ4v) is 3.40. The van der Waals surface area contributed by atoms with Crippen molar-refractivity contribution in [2.24, 2.45) is 7.05 Å². The van der Waals surface area contributed by atoms with Gasteiger partial charge in [0.15, 0.2) is 11.0 Å². The molecule has 0 atom stereocenters. The van der Waals surface area contributed by atoms with E-state index in [1.165, 1.54) is 11.8 Å². The Balaban J connectivity index is 1.52. The van der Waals surface area contributed by atoms with Crippen molar-refractivity contribution in [3.05, 3.63) is 65.7 Å². The number of carbonyl (C=O) groups is 1. The van der Waals surface area contributed by atoms with Crippen LogP contribution in [0.25, 0.3) is 17.1 Å². The minimum Gasteiger partial charge on any atom is -0.497 e. The molecule has 0 aliphatic carbocycles. The Labute approximate surface area is 178 Å². The molecule has 0 aliphatic heterocycles. The molecule has 150 valence electrons. The topological polar surface area (TPSA) is 81.1 Å². The van der Waals surface area contributed by atoms with Crippen LogP contribution in [0.3, 0.4) is 0 Å². The molecule has 0 saturated carbocycles. The normalized spacial score (nSPS) is 10.4. The van der Waals surface area contributed by atoms with Gasteiger partial charge in [0.05, 0.1) is 18.6 Å². The van der Waals surface area contributed by atoms with Gasteiger partial charge in [-0.15, -0.1) is 10.2 Å². The van der Waals surface area contributed by atoms with Gasteiger partial charge in [0.2, 0.25) is 5.91 Å². The first-order valence-corrected chi connectivity index (χ1v) is 10.0. The first kappa shape index (κ1) is 20.8. The zero-order chi connectivity index (χ0) is 20.8. The number of nitrogens with zero attached hydrogens (tertiary/aromatic N) is 3. The van der Waals surface area contributed by atoms with E-state index in [1.807, 2.05) is 54.1 Å². The quantitative estimate of drug-likeness (QED) is 0.421. The van der Waals surface area contributed by atoms with Gasteiger partial charge in [0, 0.05) is 17.6 Å². The van der Waals surface area contributed by atoms with Crippen molar-refractivity contribution in [1.29, 1.82) is 0 Å². The molecule has 0 saturated heterocycles. The maximum atomic E-state index is 12.2. The molecule has 3 aromatic rings. The molecule has 29 heavy (non-hydrogen) atoms. The monoisotopic (exact) mass is 429 g/mol. The number of amides is 1. The van der Waals surface area contributed by atoms with Crippen molar-refractivity contribution < 1.29 is 9.53 Å². The van der Waals surface area contributed by atoms with Crippen LogP contribution in [0.2, 0.25) is 5.02 Å². The van der Waals surface area contributed by atoms with Gasteiger partial charge in [-0.05, 0) is 42.0 Å². The number of hydrogen-bond donors (Lipinski definition) is 2. The number of ether oxygens (including phenoxy) is 1. The minimum atomic E-state index is -0.211. The Hall–Kier alpha value is -2.97. The molecule has 1 aromatic heterocycles. The fourth-order valence-electron chi connectivity index (χ4n) is 2.50. The summed E-state index contributed by atoms with van der Waals surface area (Å²) in [5.41, 5.74) is 7.73. The van der Waals surface area contributed by atoms with Gasteiger partial charge in [-0.25, -0.2) is 0 Å². The van der Waals surface area contributed by atoms with Crippen LogP contribution in [0.4, 0.5) is 0 Å². The lowest BCUT2D eigenvalue weighted by molar-refractivity contribution is -0.119. The first-order chi connectivity index (χ1) is 14.0. The molecule has 0 bridgehead atoms. The van der Waals surface area contributed by atoms with E-state index in [-0.39, 0.29) is 11.7 Å². The van der Waals surface area contributed by atoms with Crippen LogP contribution >= 0.6 is 23.4 Å². The summed E-state index contributed by atoms with van der Waals surface area (Å²) in [6.45, 7) is 3.92. The third-order valence-corrected chi connectivity index (χ3v) is 5.30. The summed E-state index contributed by atoms with van der Waals surface area (Å²) in [5.74, 6) is 1.39. The maximum absolute atomic E-state index is 12.2. The van der Waals surface area contributed by atoms with Gasteiger partial charge < -0.3 is 9.30 Å². The van der Waals surface area contributed by atoms with Crippen molar-refractivity contribution in [1.82, 2.24) is 25.6 Å². The average Bonchev–Trinajstić information content (AvgIpc) is 3.11. The van der Waals surface area contributed by atoms with E-state index in [4.69, 9.17) is 16.3 Å². The highest BCUT2D eigenvalue weighted by Crippen LogP contribution is 2.24. The van der Waals surface area contributed by atoms with Crippen molar-refractivity contribution in [2.75, 3.05) is 12.9 Å². The van der Waals surface area contributed by atoms with E-state index in [0.717, 1.165) is 16.9 Å². The van der Waals surface area contributed by atoms with Crippen LogP contribution in [0.15, 0.2) is 60.3 Å². The minimum absolute atomic E-state index is 0.171. The SMILES string of the molecule is C=C(NNC(=O)CSc1nnc(-c2cccc(Cl)c2)n1C)c1ccc(OC)cc1. The lowest BCUT2D eigenvalue weighted by atomic mass is 10.2. The van der Waals surface area contributed by atoms with E-state index in [1.54, 1.807) is 13.2 Å². The molecular formula is C20H20ClN5O2S. The number of aromatic nitrogens is 3. The number of hydrogen-bond acceptors (Lipinski definition) is 6. The summed E-state index contributed by atoms with van der Waals surface area (Å²) >= 11 is 7.33. The molecule has 0 fully saturated rings. The van der Waals surface area contributed by atoms with Crippen LogP contribution in [-0.4, -0.2) is 33.5 Å². The van der Waals surface area contributed by atoms with Gasteiger partial charge >= 0.3 is 0 Å². The molecule has 1 heterocycles. The molecule has 0 aliphatic rings. The lowest BCUT2D eigenvalue weighted by Gasteiger charge is -2.11. The second-order valence-corrected chi connectivity index (χ2v) is 7.42. The zero-order valence-electron chi connectivity index (χ0n) is 16.0. The van der Waals surface area contributed by atoms with Crippen molar-refractivity contribution in [3.63, 3.8) is 0 Å². The van der Waals surface area contributed by atoms with Crippen molar-refractivity contribution in [2.45, 2.75) is 5.16 Å². The largest absolute Gasteiger partial charge is 0.497 e. The van der Waals surface area contributed by atoms with Gasteiger partial charge in [-0.2, -0.15) is 0 Å². The summed E-state index contributed by atoms with van der Waals surface area (Å²) in [5, 5.41) is 9.61. The molecule has 0 spiro atoms. The van der Waals surface area contributed by atoms with Crippen LogP contribution in [0.5, 0.6) is 5.75 Å². The predicted molar refractivity (Wildman–Crippen MR) is 115 cm³/mol. The molecule has 9 heteroatoms. The molecule has 0 radical (unpaired) electrons. The molecule has 3 rings (SSSR count). The maximum Gasteiger partial charge on any atom is 0.248 e. The number of nitrogens with one attached hydrogen (secondary N) is 2. The first-order valence-electron chi connectivity index (χ1n) is 8.64. The van der Waals surface area contributed by atoms with E-state index < -0.39 is 0 Å². The highest BCUT2D eigenvalue weighted by Gasteiger charge is 2.13. The third kappa shape index (κ3) is 5.30. The van der Waals surface area contributed by atoms with Gasteiger partial charge in [0.1, 0.15) is 5.75 Å². The smallest absolute Gasteiger partial charge is 0.248 e. The molecule has 2 aromatic carbocycles. The molecule has 1 amide bonds. The molecule has 2 N–H and O–H groups in total. The molecular weight excluding hydrogens is 410 g/mol. The summed E-state index contributed by atoms with van der Waals surface area (Å²) in [4.78, 5) is 12.2. The summed E-state index contributed by atoms with van der Waals surface area (Å²) < 4.78 is 6.95. The predicted octanol–water partition coefficient (Wildman–Crippen LogP) is 3.53. The Bertz CT molecular complexity index is 1020. The van der Waals surface area contributed by atoms with Crippen LogP contribution in [-0.2, 0) is 11.8 Å². The Morgan fingerprint density at radius 3 is 2.66 bits per heavy atom. The van der Waals surface area contributed by atoms with Crippen LogP contribution in [0, 0.1) is 0 Å². The van der Waals surface area contributed by atoms with Crippen molar-refractivity contribution in [3.8, 4) is 17.1 Å². The van der Waals surface area contributed by atoms with E-state index in [9.17, 15) is 4.79 Å². The Morgan fingerprint density at radius 1 is 1.21 bits per heavy atom. The molecule has 7 nitrogen and oxygen atoms in total. The average molecular weight is 430 g/mol. The number of halogens is 1. The number of rotatable bonds is 8. The number of hydrazine groups is 1. The molecule has 0 unspecified atom stereocenters. The number of carbonyl (C=O) groups excluding carboxylic acids is 1. The van der Waals surface area contributed by atoms with Gasteiger partial charge in [-0.1, -0.05) is 42.1 Å². The van der Waals surface area contributed by atoms with E-state index in [2.05, 4.69) is 27.6 Å². The van der Waals surface area contributed by atoms with Gasteiger partial charge in [0.25, 0.3) is 0 Å². The Morgan fingerprint density at radius 2 is 1.97 bits per heavy atom. The lowest BCUT2D eigenvalue weighted by Crippen LogP contribution is -2.37. The van der Waals surface area contributed by atoms with Crippen LogP contribution < -0.4 is 15.6 Å². The third-order valence-electron chi connectivity index (χ3n) is 4.04. The standard InChI is InChI=1S/C20H20ClN5O2S/c1-13(14-7-9-17(28-3)10-8-14)22-23-18(27)12-29-20-25-24-19(26(20)2)15-5-4-6-16(21)11-15/h4-11,22H,1,12H2,2-3H3,(H,23,27). The van der Waals surface area contributed by atoms with E-state index >= 15 is 0 Å². The highest BCUT2D eigenvalue weighted by atomic mass is 35.5. The van der Waals surface area contributed by atoms with Gasteiger partial charge in [-0.3, -0.25) is 15.6 Å². The van der Waals surface area contributed by atoms with Crippen LogP contribution in [0.1, 0.15) is 5.56 Å². The second kappa shape index (κ2) is 9.49. The summed E-state index contributed by atoms with van der Waals surface area (Å²) in [6.07, 6.45) is 0. The summed E-state index contributed by atoms with van der Waals surface area (Å²) in [6, 6.07) is 14.7. The van der Waals surface area contributed by atoms with Crippen molar-refractivity contribution >= 4 is 35.0 Å². The number of thioether (sulfide) groups is 1. The fraction of sp³-hybridized carbons (Fsp3) is 0.150. The summed E-state index contributed by atoms with van der Waals surface area (Å²) in [7, 11) is 3.45. The second-order valence-electron chi connectivity index (χ2n) is 6.04. The number of methoxy groups -OCH3 is 1.